The van der Waals surface area contributed by atoms with Gasteiger partial charge in [-0.3, -0.25) is 19.8 Å². The summed E-state index contributed by atoms with van der Waals surface area (Å²) < 4.78 is 6.44. The van der Waals surface area contributed by atoms with Gasteiger partial charge in [0.25, 0.3) is 5.56 Å². The van der Waals surface area contributed by atoms with E-state index in [0.29, 0.717) is 19.0 Å². The van der Waals surface area contributed by atoms with Crippen LogP contribution in [-0.4, -0.2) is 44.6 Å². The standard InChI is InChI=1S/C14H14N6O3S2/c1-23-4-3-20-13(22)9(11(21)18-14(20)24)6-17-19-10-8-2-5-25-12(8)16-7-15-10/h2,5-7,22H,3-4H2,1H3,(H,15,16,19)(H,18,21,24)/b17-6+. The molecular weight excluding hydrogens is 364 g/mol. The fraction of sp³-hybridized carbons (Fsp3) is 0.214. The van der Waals surface area contributed by atoms with Gasteiger partial charge in [0.05, 0.1) is 24.8 Å². The number of nitrogens with one attached hydrogen (secondary N) is 2. The molecular formula is C14H14N6O3S2. The van der Waals surface area contributed by atoms with Gasteiger partial charge >= 0.3 is 0 Å². The predicted octanol–water partition coefficient (Wildman–Crippen LogP) is 1.71. The fourth-order valence-corrected chi connectivity index (χ4v) is 3.12. The number of anilines is 1. The average molecular weight is 378 g/mol. The van der Waals surface area contributed by atoms with E-state index in [0.717, 1.165) is 10.2 Å². The van der Waals surface area contributed by atoms with Gasteiger partial charge in [-0.1, -0.05) is 0 Å². The van der Waals surface area contributed by atoms with Crippen molar-refractivity contribution in [2.24, 2.45) is 5.10 Å². The lowest BCUT2D eigenvalue weighted by Gasteiger charge is -2.10. The van der Waals surface area contributed by atoms with Crippen LogP contribution in [0.2, 0.25) is 0 Å². The third kappa shape index (κ3) is 3.57. The number of ether oxygens (including phenoxy) is 1. The first-order valence-corrected chi connectivity index (χ1v) is 8.43. The molecule has 3 rings (SSSR count). The highest BCUT2D eigenvalue weighted by Crippen LogP contribution is 2.23. The molecule has 3 heterocycles. The molecule has 0 aliphatic carbocycles. The molecule has 3 aromatic heterocycles. The number of fused-ring (bicyclic) bond motifs is 1. The van der Waals surface area contributed by atoms with Gasteiger partial charge in [0.1, 0.15) is 16.7 Å². The Morgan fingerprint density at radius 3 is 3.20 bits per heavy atom. The maximum atomic E-state index is 12.0. The molecule has 0 bridgehead atoms. The Morgan fingerprint density at radius 1 is 1.56 bits per heavy atom. The molecule has 0 saturated carbocycles. The van der Waals surface area contributed by atoms with Crippen LogP contribution in [0.3, 0.4) is 0 Å². The quantitative estimate of drug-likeness (QED) is 0.339. The third-order valence-corrected chi connectivity index (χ3v) is 4.49. The number of hydrogen-bond acceptors (Lipinski definition) is 9. The summed E-state index contributed by atoms with van der Waals surface area (Å²) in [6.45, 7) is 0.632. The first kappa shape index (κ1) is 17.2. The van der Waals surface area contributed by atoms with Crippen LogP contribution in [0.4, 0.5) is 5.82 Å². The van der Waals surface area contributed by atoms with Gasteiger partial charge in [-0.15, -0.1) is 11.3 Å². The Labute approximate surface area is 150 Å². The SMILES string of the molecule is COCCn1c(O)c(/C=N/Nc2ncnc3sccc23)c(=O)[nH]c1=S. The van der Waals surface area contributed by atoms with Crippen molar-refractivity contribution in [1.29, 1.82) is 0 Å². The molecule has 0 saturated heterocycles. The van der Waals surface area contributed by atoms with Gasteiger partial charge in [0, 0.05) is 7.11 Å². The molecule has 0 aromatic carbocycles. The van der Waals surface area contributed by atoms with Crippen molar-refractivity contribution in [2.75, 3.05) is 19.1 Å². The summed E-state index contributed by atoms with van der Waals surface area (Å²) in [5, 5.41) is 17.0. The second-order valence-electron chi connectivity index (χ2n) is 4.87. The number of H-pyrrole nitrogens is 1. The zero-order valence-electron chi connectivity index (χ0n) is 13.1. The molecule has 3 aromatic rings. The van der Waals surface area contributed by atoms with Gasteiger partial charge in [0.15, 0.2) is 10.6 Å². The molecule has 0 unspecified atom stereocenters. The second-order valence-corrected chi connectivity index (χ2v) is 6.15. The molecule has 0 atom stereocenters. The number of hydrazone groups is 1. The normalized spacial score (nSPS) is 11.4. The number of rotatable bonds is 6. The lowest BCUT2D eigenvalue weighted by molar-refractivity contribution is 0.182. The highest BCUT2D eigenvalue weighted by Gasteiger charge is 2.11. The Bertz CT molecular complexity index is 1040. The summed E-state index contributed by atoms with van der Waals surface area (Å²) in [6, 6.07) is 1.87. The van der Waals surface area contributed by atoms with Gasteiger partial charge in [-0.05, 0) is 23.7 Å². The number of aromatic amines is 1. The molecule has 11 heteroatoms. The Morgan fingerprint density at radius 2 is 2.40 bits per heavy atom. The number of aromatic nitrogens is 4. The van der Waals surface area contributed by atoms with Crippen LogP contribution in [0, 0.1) is 4.77 Å². The molecule has 0 fully saturated rings. The molecule has 0 spiro atoms. The number of thiophene rings is 1. The van der Waals surface area contributed by atoms with Crippen LogP contribution in [0.1, 0.15) is 5.56 Å². The fourth-order valence-electron chi connectivity index (χ4n) is 2.12. The zero-order valence-corrected chi connectivity index (χ0v) is 14.7. The smallest absolute Gasteiger partial charge is 0.264 e. The van der Waals surface area contributed by atoms with Crippen molar-refractivity contribution in [3.05, 3.63) is 38.5 Å². The summed E-state index contributed by atoms with van der Waals surface area (Å²) in [5.41, 5.74) is 2.20. The Hall–Kier alpha value is -2.63. The first-order valence-electron chi connectivity index (χ1n) is 7.14. The van der Waals surface area contributed by atoms with Crippen molar-refractivity contribution >= 4 is 45.8 Å². The van der Waals surface area contributed by atoms with Gasteiger partial charge < -0.3 is 9.84 Å². The molecule has 0 aliphatic heterocycles. The van der Waals surface area contributed by atoms with Gasteiger partial charge in [-0.25, -0.2) is 9.97 Å². The Balaban J connectivity index is 1.89. The Kier molecular flexibility index (Phi) is 5.16. The zero-order chi connectivity index (χ0) is 17.8. The van der Waals surface area contributed by atoms with E-state index in [9.17, 15) is 9.90 Å². The molecule has 0 amide bonds. The van der Waals surface area contributed by atoms with E-state index < -0.39 is 5.56 Å². The molecule has 25 heavy (non-hydrogen) atoms. The third-order valence-electron chi connectivity index (χ3n) is 3.35. The maximum absolute atomic E-state index is 12.0. The number of hydrogen-bond donors (Lipinski definition) is 3. The molecule has 0 radical (unpaired) electrons. The van der Waals surface area contributed by atoms with E-state index in [1.54, 1.807) is 0 Å². The van der Waals surface area contributed by atoms with Crippen molar-refractivity contribution in [3.8, 4) is 5.88 Å². The summed E-state index contributed by atoms with van der Waals surface area (Å²) in [5.74, 6) is 0.227. The van der Waals surface area contributed by atoms with Crippen LogP contribution >= 0.6 is 23.6 Å². The predicted molar refractivity (Wildman–Crippen MR) is 98.1 cm³/mol. The molecule has 9 nitrogen and oxygen atoms in total. The van der Waals surface area contributed by atoms with E-state index in [2.05, 4.69) is 25.5 Å². The average Bonchev–Trinajstić information content (AvgIpc) is 3.07. The summed E-state index contributed by atoms with van der Waals surface area (Å²) >= 11 is 6.53. The number of methoxy groups -OCH3 is 1. The second kappa shape index (κ2) is 7.51. The minimum Gasteiger partial charge on any atom is -0.494 e. The van der Waals surface area contributed by atoms with Crippen molar-refractivity contribution in [3.63, 3.8) is 0 Å². The highest BCUT2D eigenvalue weighted by molar-refractivity contribution is 7.71. The van der Waals surface area contributed by atoms with E-state index in [-0.39, 0.29) is 16.2 Å². The largest absolute Gasteiger partial charge is 0.494 e. The molecule has 3 N–H and O–H groups in total. The van der Waals surface area contributed by atoms with Crippen LogP contribution in [0.5, 0.6) is 5.88 Å². The minimum atomic E-state index is -0.537. The maximum Gasteiger partial charge on any atom is 0.264 e. The number of nitrogens with zero attached hydrogens (tertiary/aromatic N) is 4. The van der Waals surface area contributed by atoms with Gasteiger partial charge in [0.2, 0.25) is 5.88 Å². The topological polar surface area (TPSA) is 117 Å². The summed E-state index contributed by atoms with van der Waals surface area (Å²) in [4.78, 5) is 23.6. The lowest BCUT2D eigenvalue weighted by atomic mass is 10.3. The van der Waals surface area contributed by atoms with Gasteiger partial charge in [-0.2, -0.15) is 5.10 Å². The highest BCUT2D eigenvalue weighted by atomic mass is 32.1. The van der Waals surface area contributed by atoms with Crippen molar-refractivity contribution in [2.45, 2.75) is 6.54 Å². The molecule has 130 valence electrons. The summed E-state index contributed by atoms with van der Waals surface area (Å²) in [6.07, 6.45) is 2.64. The monoisotopic (exact) mass is 378 g/mol. The van der Waals surface area contributed by atoms with E-state index in [1.807, 2.05) is 11.4 Å². The van der Waals surface area contributed by atoms with Crippen LogP contribution in [0.25, 0.3) is 10.2 Å². The number of aromatic hydroxyl groups is 1. The van der Waals surface area contributed by atoms with Crippen molar-refractivity contribution in [1.82, 2.24) is 19.5 Å². The van der Waals surface area contributed by atoms with Crippen LogP contribution in [-0.2, 0) is 11.3 Å². The first-order chi connectivity index (χ1) is 12.1. The van der Waals surface area contributed by atoms with E-state index >= 15 is 0 Å². The van der Waals surface area contributed by atoms with E-state index in [4.69, 9.17) is 17.0 Å². The van der Waals surface area contributed by atoms with E-state index in [1.165, 1.54) is 35.6 Å². The lowest BCUT2D eigenvalue weighted by Crippen LogP contribution is -2.20. The van der Waals surface area contributed by atoms with Crippen LogP contribution < -0.4 is 11.0 Å². The summed E-state index contributed by atoms with van der Waals surface area (Å²) in [7, 11) is 1.53. The van der Waals surface area contributed by atoms with Crippen molar-refractivity contribution < 1.29 is 9.84 Å². The minimum absolute atomic E-state index is 0.0205. The molecule has 0 aliphatic rings. The van der Waals surface area contributed by atoms with Crippen LogP contribution in [0.15, 0.2) is 27.7 Å².